The van der Waals surface area contributed by atoms with E-state index in [2.05, 4.69) is 188 Å². The van der Waals surface area contributed by atoms with Crippen LogP contribution in [0.4, 0.5) is 0 Å². The molecule has 11 rings (SSSR count). The van der Waals surface area contributed by atoms with Crippen LogP contribution in [-0.4, -0.2) is 15.0 Å². The Morgan fingerprint density at radius 2 is 0.696 bits per heavy atom. The van der Waals surface area contributed by atoms with Gasteiger partial charge in [0, 0.05) is 38.2 Å². The van der Waals surface area contributed by atoms with Crippen molar-refractivity contribution in [3.05, 3.63) is 200 Å². The summed E-state index contributed by atoms with van der Waals surface area (Å²) in [7, 11) is 0. The molecule has 0 unspecified atom stereocenters. The highest BCUT2D eigenvalue weighted by Gasteiger charge is 2.18. The van der Waals surface area contributed by atoms with E-state index < -0.39 is 0 Å². The number of rotatable bonds is 5. The summed E-state index contributed by atoms with van der Waals surface area (Å²) < 4.78 is 0. The number of aromatic nitrogens is 3. The fourth-order valence-corrected chi connectivity index (χ4v) is 8.37. The highest BCUT2D eigenvalue weighted by Crippen LogP contribution is 2.43. The van der Waals surface area contributed by atoms with Gasteiger partial charge in [0.25, 0.3) is 0 Å². The molecule has 2 aromatic heterocycles. The molecule has 0 spiro atoms. The van der Waals surface area contributed by atoms with Crippen LogP contribution in [0.1, 0.15) is 0 Å². The second-order valence-corrected chi connectivity index (χ2v) is 14.3. The van der Waals surface area contributed by atoms with Crippen LogP contribution in [0.2, 0.25) is 0 Å². The Balaban J connectivity index is 1.02. The lowest BCUT2D eigenvalue weighted by molar-refractivity contribution is 1.23. The minimum Gasteiger partial charge on any atom is -0.247 e. The van der Waals surface area contributed by atoms with Gasteiger partial charge in [0.2, 0.25) is 0 Å². The van der Waals surface area contributed by atoms with Gasteiger partial charge < -0.3 is 0 Å². The molecule has 0 bridgehead atoms. The van der Waals surface area contributed by atoms with Crippen LogP contribution in [-0.2, 0) is 0 Å². The largest absolute Gasteiger partial charge is 0.247 e. The van der Waals surface area contributed by atoms with Gasteiger partial charge in [-0.25, -0.2) is 15.0 Å². The third-order valence-electron chi connectivity index (χ3n) is 11.1. The van der Waals surface area contributed by atoms with Crippen molar-refractivity contribution >= 4 is 54.1 Å². The van der Waals surface area contributed by atoms with Crippen molar-refractivity contribution in [3.8, 4) is 56.2 Å². The zero-order chi connectivity index (χ0) is 37.0. The van der Waals surface area contributed by atoms with Gasteiger partial charge in [-0.05, 0) is 62.0 Å². The smallest absolute Gasteiger partial charge is 0.160 e. The van der Waals surface area contributed by atoms with Crippen molar-refractivity contribution in [3.63, 3.8) is 0 Å². The minimum absolute atomic E-state index is 0.713. The number of fused-ring (bicyclic) bond motifs is 9. The van der Waals surface area contributed by atoms with Crippen LogP contribution in [0, 0.1) is 0 Å². The summed E-state index contributed by atoms with van der Waals surface area (Å²) in [4.78, 5) is 15.6. The lowest BCUT2D eigenvalue weighted by atomic mass is 9.89. The average Bonchev–Trinajstić information content (AvgIpc) is 3.28. The van der Waals surface area contributed by atoms with E-state index in [1.165, 1.54) is 48.8 Å². The molecule has 0 amide bonds. The van der Waals surface area contributed by atoms with Crippen LogP contribution in [0.3, 0.4) is 0 Å². The van der Waals surface area contributed by atoms with Gasteiger partial charge in [-0.2, -0.15) is 0 Å². The normalized spacial score (nSPS) is 11.6. The summed E-state index contributed by atoms with van der Waals surface area (Å²) in [5.74, 6) is 0.713. The summed E-state index contributed by atoms with van der Waals surface area (Å²) in [6.45, 7) is 0. The molecule has 0 aliphatic heterocycles. The van der Waals surface area contributed by atoms with Gasteiger partial charge in [-0.15, -0.1) is 0 Å². The average molecular weight is 712 g/mol. The molecule has 0 aliphatic carbocycles. The standard InChI is InChI=1S/C53H33N3/c1-2-13-34(14-3-1)35-27-31-38(32-28-35)53-55-48-24-11-9-22-46(48)51(56-53)37-29-25-36(26-30-37)39-15-12-16-40(33-39)52-50-44-20-7-5-18-42(44)41-17-4-6-19-43(41)49(50)45-21-8-10-23-47(45)54-52/h1-33H. The molecule has 0 aliphatic rings. The third kappa shape index (κ3) is 5.32. The number of nitrogens with zero attached hydrogens (tertiary/aromatic N) is 3. The Morgan fingerprint density at radius 3 is 1.39 bits per heavy atom. The molecule has 3 nitrogen and oxygen atoms in total. The molecule has 2 heterocycles. The van der Waals surface area contributed by atoms with Crippen LogP contribution < -0.4 is 0 Å². The van der Waals surface area contributed by atoms with Crippen LogP contribution in [0.25, 0.3) is 110 Å². The molecule has 0 saturated carbocycles. The first-order valence-corrected chi connectivity index (χ1v) is 19.0. The van der Waals surface area contributed by atoms with Crippen molar-refractivity contribution in [2.24, 2.45) is 0 Å². The predicted molar refractivity (Wildman–Crippen MR) is 235 cm³/mol. The maximum absolute atomic E-state index is 5.39. The summed E-state index contributed by atoms with van der Waals surface area (Å²) in [6.07, 6.45) is 0. The van der Waals surface area contributed by atoms with Gasteiger partial charge in [0.15, 0.2) is 5.82 Å². The first-order chi connectivity index (χ1) is 27.8. The van der Waals surface area contributed by atoms with Crippen molar-refractivity contribution in [1.82, 2.24) is 15.0 Å². The van der Waals surface area contributed by atoms with Gasteiger partial charge in [-0.1, -0.05) is 182 Å². The molecule has 9 aromatic carbocycles. The summed E-state index contributed by atoms with van der Waals surface area (Å²) in [5.41, 5.74) is 11.6. The van der Waals surface area contributed by atoms with E-state index in [-0.39, 0.29) is 0 Å². The van der Waals surface area contributed by atoms with Gasteiger partial charge in [0.1, 0.15) is 0 Å². The Morgan fingerprint density at radius 1 is 0.232 bits per heavy atom. The molecule has 0 atom stereocenters. The molecule has 11 aromatic rings. The van der Waals surface area contributed by atoms with E-state index in [9.17, 15) is 0 Å². The highest BCUT2D eigenvalue weighted by atomic mass is 14.9. The molecule has 0 fully saturated rings. The van der Waals surface area contributed by atoms with Crippen LogP contribution >= 0.6 is 0 Å². The SMILES string of the molecule is c1ccc(-c2ccc(-c3nc(-c4ccc(-c5cccc(-c6nc7ccccc7c7c8ccccc8c8ccccc8c67)c5)cc4)c4ccccc4n3)cc2)cc1. The van der Waals surface area contributed by atoms with Gasteiger partial charge >= 0.3 is 0 Å². The van der Waals surface area contributed by atoms with Gasteiger partial charge in [0.05, 0.1) is 22.4 Å². The van der Waals surface area contributed by atoms with Crippen molar-refractivity contribution in [2.45, 2.75) is 0 Å². The van der Waals surface area contributed by atoms with Crippen molar-refractivity contribution in [2.75, 3.05) is 0 Å². The lowest BCUT2D eigenvalue weighted by Gasteiger charge is -2.16. The molecular weight excluding hydrogens is 679 g/mol. The van der Waals surface area contributed by atoms with E-state index in [1.54, 1.807) is 0 Å². The van der Waals surface area contributed by atoms with E-state index in [0.29, 0.717) is 5.82 Å². The third-order valence-corrected chi connectivity index (χ3v) is 11.1. The number of hydrogen-bond donors (Lipinski definition) is 0. The zero-order valence-corrected chi connectivity index (χ0v) is 30.4. The fraction of sp³-hybridized carbons (Fsp3) is 0. The second-order valence-electron chi connectivity index (χ2n) is 14.3. The quantitative estimate of drug-likeness (QED) is 0.167. The molecule has 0 N–H and O–H groups in total. The number of pyridine rings is 1. The van der Waals surface area contributed by atoms with E-state index >= 15 is 0 Å². The Labute approximate surface area is 324 Å². The van der Waals surface area contributed by atoms with Crippen LogP contribution in [0.5, 0.6) is 0 Å². The topological polar surface area (TPSA) is 38.7 Å². The van der Waals surface area contributed by atoms with Gasteiger partial charge in [-0.3, -0.25) is 0 Å². The molecule has 0 radical (unpaired) electrons. The molecule has 260 valence electrons. The van der Waals surface area contributed by atoms with E-state index in [4.69, 9.17) is 15.0 Å². The number of benzene rings is 9. The Hall–Kier alpha value is -7.49. The van der Waals surface area contributed by atoms with E-state index in [1.807, 2.05) is 12.1 Å². The highest BCUT2D eigenvalue weighted by molar-refractivity contribution is 6.33. The summed E-state index contributed by atoms with van der Waals surface area (Å²) in [5, 5.41) is 9.60. The van der Waals surface area contributed by atoms with Crippen molar-refractivity contribution < 1.29 is 0 Å². The summed E-state index contributed by atoms with van der Waals surface area (Å²) in [6, 6.07) is 70.9. The molecule has 0 saturated heterocycles. The van der Waals surface area contributed by atoms with Crippen LogP contribution in [0.15, 0.2) is 200 Å². The molecule has 56 heavy (non-hydrogen) atoms. The number of hydrogen-bond acceptors (Lipinski definition) is 3. The fourth-order valence-electron chi connectivity index (χ4n) is 8.37. The Kier molecular flexibility index (Phi) is 7.49. The molecular formula is C53H33N3. The van der Waals surface area contributed by atoms with E-state index in [0.717, 1.165) is 55.6 Å². The maximum atomic E-state index is 5.39. The zero-order valence-electron chi connectivity index (χ0n) is 30.4. The monoisotopic (exact) mass is 711 g/mol. The van der Waals surface area contributed by atoms with Crippen molar-refractivity contribution in [1.29, 1.82) is 0 Å². The molecule has 3 heteroatoms. The predicted octanol–water partition coefficient (Wildman–Crippen LogP) is 14.0. The Bertz CT molecular complexity index is 3280. The first-order valence-electron chi connectivity index (χ1n) is 19.0. The first kappa shape index (κ1) is 32.0. The second kappa shape index (κ2) is 13.1. The lowest BCUT2D eigenvalue weighted by Crippen LogP contribution is -1.95. The summed E-state index contributed by atoms with van der Waals surface area (Å²) >= 11 is 0. The number of para-hydroxylation sites is 2. The minimum atomic E-state index is 0.713. The maximum Gasteiger partial charge on any atom is 0.160 e.